The largest absolute Gasteiger partial charge is 0.303 e. The van der Waals surface area contributed by atoms with E-state index in [0.717, 1.165) is 6.54 Å². The summed E-state index contributed by atoms with van der Waals surface area (Å²) in [5, 5.41) is 0. The summed E-state index contributed by atoms with van der Waals surface area (Å²) in [5.74, 6) is 0.635. The summed E-state index contributed by atoms with van der Waals surface area (Å²) in [6.07, 6.45) is 1.20. The zero-order valence-corrected chi connectivity index (χ0v) is 12.4. The predicted octanol–water partition coefficient (Wildman–Crippen LogP) is 2.80. The summed E-state index contributed by atoms with van der Waals surface area (Å²) >= 11 is 0. The van der Waals surface area contributed by atoms with Crippen LogP contribution in [0.25, 0.3) is 0 Å². The molecule has 0 amide bonds. The van der Waals surface area contributed by atoms with Crippen LogP contribution >= 0.6 is 0 Å². The Hall–Kier alpha value is -0.860. The van der Waals surface area contributed by atoms with Crippen LogP contribution in [-0.4, -0.2) is 43.5 Å². The van der Waals surface area contributed by atoms with Crippen LogP contribution < -0.4 is 0 Å². The van der Waals surface area contributed by atoms with E-state index < -0.39 is 0 Å². The minimum absolute atomic E-state index is 0.174. The lowest BCUT2D eigenvalue weighted by Gasteiger charge is -2.53. The molecule has 0 aromatic heterocycles. The van der Waals surface area contributed by atoms with Gasteiger partial charge in [-0.15, -0.1) is 0 Å². The monoisotopic (exact) mass is 246 g/mol. The Morgan fingerprint density at radius 1 is 1.17 bits per heavy atom. The Balaban J connectivity index is 2.44. The molecule has 18 heavy (non-hydrogen) atoms. The van der Waals surface area contributed by atoms with Crippen LogP contribution in [0.15, 0.2) is 30.3 Å². The highest BCUT2D eigenvalue weighted by atomic mass is 15.2. The average Bonchev–Trinajstić information content (AvgIpc) is 2.34. The fourth-order valence-corrected chi connectivity index (χ4v) is 3.58. The van der Waals surface area contributed by atoms with Gasteiger partial charge in [0, 0.05) is 12.6 Å². The van der Waals surface area contributed by atoms with Crippen molar-refractivity contribution in [2.75, 3.05) is 27.7 Å². The molecule has 1 saturated heterocycles. The fraction of sp³-hybridized carbons (Fsp3) is 0.625. The molecule has 2 heteroatoms. The fourth-order valence-electron chi connectivity index (χ4n) is 3.58. The Kier molecular flexibility index (Phi) is 3.79. The Morgan fingerprint density at radius 3 is 2.33 bits per heavy atom. The van der Waals surface area contributed by atoms with Crippen LogP contribution in [0.5, 0.6) is 0 Å². The molecule has 1 aromatic rings. The molecule has 1 aliphatic heterocycles. The van der Waals surface area contributed by atoms with Gasteiger partial charge in [0.15, 0.2) is 0 Å². The lowest BCUT2D eigenvalue weighted by Crippen LogP contribution is -2.57. The van der Waals surface area contributed by atoms with Gasteiger partial charge in [0.2, 0.25) is 0 Å². The van der Waals surface area contributed by atoms with E-state index in [9.17, 15) is 0 Å². The third kappa shape index (κ3) is 2.08. The first-order valence-electron chi connectivity index (χ1n) is 6.91. The second kappa shape index (κ2) is 5.02. The van der Waals surface area contributed by atoms with E-state index in [4.69, 9.17) is 0 Å². The number of rotatable bonds is 2. The number of likely N-dealkylation sites (tertiary alicyclic amines) is 1. The number of hydrogen-bond acceptors (Lipinski definition) is 2. The molecule has 2 rings (SSSR count). The van der Waals surface area contributed by atoms with Gasteiger partial charge in [-0.3, -0.25) is 4.90 Å². The summed E-state index contributed by atoms with van der Waals surface area (Å²) in [7, 11) is 6.69. The molecule has 100 valence electrons. The Morgan fingerprint density at radius 2 is 1.78 bits per heavy atom. The maximum Gasteiger partial charge on any atom is 0.0507 e. The average molecular weight is 246 g/mol. The maximum atomic E-state index is 2.48. The number of benzene rings is 1. The van der Waals surface area contributed by atoms with Crippen LogP contribution in [0, 0.1) is 5.92 Å². The first kappa shape index (κ1) is 13.6. The second-order valence-electron chi connectivity index (χ2n) is 6.08. The summed E-state index contributed by atoms with van der Waals surface area (Å²) in [6.45, 7) is 5.89. The van der Waals surface area contributed by atoms with Gasteiger partial charge in [0.1, 0.15) is 0 Å². The van der Waals surface area contributed by atoms with Crippen molar-refractivity contribution in [3.8, 4) is 0 Å². The smallest absolute Gasteiger partial charge is 0.0507 e. The topological polar surface area (TPSA) is 6.48 Å². The highest BCUT2D eigenvalue weighted by Crippen LogP contribution is 2.43. The van der Waals surface area contributed by atoms with Crippen LogP contribution in [0.1, 0.15) is 25.8 Å². The highest BCUT2D eigenvalue weighted by molar-refractivity contribution is 5.27. The molecular formula is C16H26N2. The summed E-state index contributed by atoms with van der Waals surface area (Å²) in [6, 6.07) is 11.6. The maximum absolute atomic E-state index is 2.48. The SMILES string of the molecule is C[C@@H]1CN(C)[C@@H](C)C[C@@]1(c1ccccc1)N(C)C. The lowest BCUT2D eigenvalue weighted by atomic mass is 9.71. The van der Waals surface area contributed by atoms with Crippen molar-refractivity contribution in [1.82, 2.24) is 9.80 Å². The van der Waals surface area contributed by atoms with Gasteiger partial charge >= 0.3 is 0 Å². The zero-order chi connectivity index (χ0) is 13.3. The highest BCUT2D eigenvalue weighted by Gasteiger charge is 2.45. The van der Waals surface area contributed by atoms with Crippen molar-refractivity contribution >= 4 is 0 Å². The minimum atomic E-state index is 0.174. The van der Waals surface area contributed by atoms with Gasteiger partial charge in [0.05, 0.1) is 5.54 Å². The van der Waals surface area contributed by atoms with Gasteiger partial charge in [0.25, 0.3) is 0 Å². The Bertz CT molecular complexity index is 387. The molecule has 0 spiro atoms. The van der Waals surface area contributed by atoms with Gasteiger partial charge in [-0.2, -0.15) is 0 Å². The van der Waals surface area contributed by atoms with E-state index >= 15 is 0 Å². The first-order chi connectivity index (χ1) is 8.48. The third-order valence-corrected chi connectivity index (χ3v) is 4.81. The van der Waals surface area contributed by atoms with Crippen molar-refractivity contribution < 1.29 is 0 Å². The molecular weight excluding hydrogens is 220 g/mol. The van der Waals surface area contributed by atoms with Crippen LogP contribution in [0.4, 0.5) is 0 Å². The van der Waals surface area contributed by atoms with E-state index in [0.29, 0.717) is 12.0 Å². The molecule has 1 heterocycles. The van der Waals surface area contributed by atoms with Crippen LogP contribution in [-0.2, 0) is 5.54 Å². The number of piperidine rings is 1. The van der Waals surface area contributed by atoms with Crippen molar-refractivity contribution in [2.24, 2.45) is 5.92 Å². The molecule has 0 radical (unpaired) electrons. The van der Waals surface area contributed by atoms with Gasteiger partial charge < -0.3 is 4.90 Å². The summed E-state index contributed by atoms with van der Waals surface area (Å²) in [5.41, 5.74) is 1.63. The quantitative estimate of drug-likeness (QED) is 0.792. The first-order valence-corrected chi connectivity index (χ1v) is 6.91. The van der Waals surface area contributed by atoms with Gasteiger partial charge in [-0.1, -0.05) is 37.3 Å². The van der Waals surface area contributed by atoms with Crippen molar-refractivity contribution in [1.29, 1.82) is 0 Å². The second-order valence-corrected chi connectivity index (χ2v) is 6.08. The zero-order valence-electron chi connectivity index (χ0n) is 12.4. The summed E-state index contributed by atoms with van der Waals surface area (Å²) in [4.78, 5) is 4.91. The van der Waals surface area contributed by atoms with E-state index in [1.54, 1.807) is 0 Å². The third-order valence-electron chi connectivity index (χ3n) is 4.81. The normalized spacial score (nSPS) is 33.9. The molecule has 0 saturated carbocycles. The van der Waals surface area contributed by atoms with Crippen LogP contribution in [0.3, 0.4) is 0 Å². The van der Waals surface area contributed by atoms with E-state index in [1.807, 2.05) is 0 Å². The molecule has 0 unspecified atom stereocenters. The standard InChI is InChI=1S/C16H26N2/c1-13-12-18(5)14(2)11-16(13,17(3)4)15-9-7-6-8-10-15/h6-10,13-14H,11-12H2,1-5H3/t13-,14+,16-/m1/s1. The molecule has 0 bridgehead atoms. The van der Waals surface area contributed by atoms with Crippen molar-refractivity contribution in [2.45, 2.75) is 31.8 Å². The van der Waals surface area contributed by atoms with Crippen molar-refractivity contribution in [3.63, 3.8) is 0 Å². The molecule has 1 fully saturated rings. The van der Waals surface area contributed by atoms with Crippen molar-refractivity contribution in [3.05, 3.63) is 35.9 Å². The summed E-state index contributed by atoms with van der Waals surface area (Å²) < 4.78 is 0. The lowest BCUT2D eigenvalue weighted by molar-refractivity contribution is -0.0151. The molecule has 2 nitrogen and oxygen atoms in total. The molecule has 3 atom stereocenters. The van der Waals surface area contributed by atoms with E-state index in [-0.39, 0.29) is 5.54 Å². The molecule has 0 aliphatic carbocycles. The number of nitrogens with zero attached hydrogens (tertiary/aromatic N) is 2. The van der Waals surface area contributed by atoms with Gasteiger partial charge in [-0.25, -0.2) is 0 Å². The molecule has 1 aliphatic rings. The molecule has 0 N–H and O–H groups in total. The predicted molar refractivity (Wildman–Crippen MR) is 77.7 cm³/mol. The number of hydrogen-bond donors (Lipinski definition) is 0. The van der Waals surface area contributed by atoms with E-state index in [1.165, 1.54) is 12.0 Å². The minimum Gasteiger partial charge on any atom is -0.303 e. The Labute approximate surface area is 112 Å². The van der Waals surface area contributed by atoms with E-state index in [2.05, 4.69) is 75.1 Å². The van der Waals surface area contributed by atoms with Gasteiger partial charge in [-0.05, 0) is 46.0 Å². The molecule has 1 aromatic carbocycles. The van der Waals surface area contributed by atoms with Crippen LogP contribution in [0.2, 0.25) is 0 Å².